The number of anilines is 1. The number of piperazine rings is 1. The lowest BCUT2D eigenvalue weighted by molar-refractivity contribution is 0.134. The van der Waals surface area contributed by atoms with Gasteiger partial charge in [-0.1, -0.05) is 5.57 Å². The number of amidine groups is 1. The van der Waals surface area contributed by atoms with Crippen LogP contribution in [-0.2, 0) is 18.0 Å². The minimum atomic E-state index is -0.598. The van der Waals surface area contributed by atoms with Gasteiger partial charge in [-0.3, -0.25) is 4.90 Å². The first-order valence-corrected chi connectivity index (χ1v) is 13.5. The number of nitrogens with zero attached hydrogens (tertiary/aromatic N) is 4. The zero-order valence-electron chi connectivity index (χ0n) is 21.9. The Morgan fingerprint density at radius 2 is 1.92 bits per heavy atom. The average molecular weight is 534 g/mol. The van der Waals surface area contributed by atoms with Gasteiger partial charge in [-0.2, -0.15) is 5.26 Å². The maximum absolute atomic E-state index is 16.6. The molecule has 38 heavy (non-hydrogen) atoms. The summed E-state index contributed by atoms with van der Waals surface area (Å²) in [5.41, 5.74) is 8.61. The molecule has 2 fully saturated rings. The molecule has 2 bridgehead atoms. The van der Waals surface area contributed by atoms with Crippen molar-refractivity contribution in [2.75, 3.05) is 25.9 Å². The van der Waals surface area contributed by atoms with Gasteiger partial charge in [0.25, 0.3) is 0 Å². The number of nitrogen functional groups attached to an aromatic ring is 1. The predicted octanol–water partition coefficient (Wildman–Crippen LogP) is 4.07. The minimum absolute atomic E-state index is 0.0668. The number of rotatable bonds is 2. The highest BCUT2D eigenvalue weighted by Crippen LogP contribution is 2.43. The lowest BCUT2D eigenvalue weighted by Gasteiger charge is -2.33. The minimum Gasteiger partial charge on any atom is -0.389 e. The van der Waals surface area contributed by atoms with Gasteiger partial charge in [-0.05, 0) is 57.5 Å². The topological polar surface area (TPSA) is 77.9 Å². The largest absolute Gasteiger partial charge is 0.389 e. The van der Waals surface area contributed by atoms with E-state index in [0.29, 0.717) is 38.2 Å². The summed E-state index contributed by atoms with van der Waals surface area (Å²) in [4.78, 5) is 9.54. The van der Waals surface area contributed by atoms with Crippen LogP contribution in [-0.4, -0.2) is 47.9 Å². The number of thiophene rings is 1. The quantitative estimate of drug-likeness (QED) is 0.397. The fraction of sp³-hybridized carbons (Fsp3) is 0.379. The molecule has 2 N–H and O–H groups in total. The van der Waals surface area contributed by atoms with Crippen molar-refractivity contribution in [3.63, 3.8) is 0 Å². The molecule has 3 aliphatic heterocycles. The molecule has 6 nitrogen and oxygen atoms in total. The van der Waals surface area contributed by atoms with Crippen LogP contribution < -0.4 is 16.2 Å². The number of likely N-dealkylation sites (N-methyl/N-ethyl adjacent to an activating group) is 1. The van der Waals surface area contributed by atoms with E-state index in [0.717, 1.165) is 36.5 Å². The molecule has 0 aliphatic carbocycles. The second-order valence-corrected chi connectivity index (χ2v) is 11.7. The first-order valence-electron chi connectivity index (χ1n) is 12.7. The second kappa shape index (κ2) is 9.16. The van der Waals surface area contributed by atoms with Crippen molar-refractivity contribution >= 4 is 44.0 Å². The van der Waals surface area contributed by atoms with Gasteiger partial charge in [-0.25, -0.2) is 13.8 Å². The molecule has 0 saturated carbocycles. The third kappa shape index (κ3) is 3.66. The van der Waals surface area contributed by atoms with E-state index in [1.165, 1.54) is 17.4 Å². The molecule has 196 valence electrons. The molecule has 1 aromatic heterocycles. The fourth-order valence-corrected chi connectivity index (χ4v) is 7.27. The molecular weight excluding hydrogens is 504 g/mol. The summed E-state index contributed by atoms with van der Waals surface area (Å²) in [6, 6.07) is 5.99. The van der Waals surface area contributed by atoms with Crippen molar-refractivity contribution in [3.05, 3.63) is 50.9 Å². The second-order valence-electron chi connectivity index (χ2n) is 10.6. The Labute approximate surface area is 223 Å². The summed E-state index contributed by atoms with van der Waals surface area (Å²) >= 11 is 1.20. The summed E-state index contributed by atoms with van der Waals surface area (Å²) in [5, 5.41) is 11.5. The maximum Gasteiger partial charge on any atom is 0.139 e. The van der Waals surface area contributed by atoms with Crippen molar-refractivity contribution < 1.29 is 13.5 Å². The monoisotopic (exact) mass is 533 g/mol. The number of hydrogen-bond acceptors (Lipinski definition) is 6. The normalized spacial score (nSPS) is 21.6. The van der Waals surface area contributed by atoms with Crippen LogP contribution in [0.5, 0.6) is 0 Å². The van der Waals surface area contributed by atoms with Gasteiger partial charge in [0.15, 0.2) is 0 Å². The molecule has 0 amide bonds. The molecule has 0 radical (unpaired) electrons. The number of aliphatic imine (C=N–C) groups is 1. The Bertz CT molecular complexity index is 1700. The highest BCUT2D eigenvalue weighted by atomic mass is 32.1. The first kappa shape index (κ1) is 25.0. The highest BCUT2D eigenvalue weighted by molar-refractivity contribution is 7.23. The number of benzene rings is 2. The highest BCUT2D eigenvalue weighted by Gasteiger charge is 2.41. The third-order valence-electron chi connectivity index (χ3n) is 8.20. The lowest BCUT2D eigenvalue weighted by atomic mass is 9.89. The predicted molar refractivity (Wildman–Crippen MR) is 148 cm³/mol. The molecule has 3 aromatic rings. The average Bonchev–Trinajstić information content (AvgIpc) is 3.65. The van der Waals surface area contributed by atoms with Crippen LogP contribution in [0.1, 0.15) is 43.9 Å². The van der Waals surface area contributed by atoms with Crippen molar-refractivity contribution in [1.29, 1.82) is 5.26 Å². The van der Waals surface area contributed by atoms with Crippen LogP contribution in [0.2, 0.25) is 0 Å². The van der Waals surface area contributed by atoms with Crippen LogP contribution in [0, 0.1) is 23.0 Å². The molecule has 3 aliphatic rings. The number of likely N-dealkylation sites (tertiary alicyclic amines) is 2. The summed E-state index contributed by atoms with van der Waals surface area (Å²) in [6.07, 6.45) is 2.88. The van der Waals surface area contributed by atoms with Crippen LogP contribution >= 0.6 is 11.3 Å². The van der Waals surface area contributed by atoms with Crippen LogP contribution in [0.15, 0.2) is 17.1 Å². The van der Waals surface area contributed by atoms with Crippen molar-refractivity contribution in [2.24, 2.45) is 4.99 Å². The van der Waals surface area contributed by atoms with Crippen molar-refractivity contribution in [1.82, 2.24) is 9.80 Å². The number of fused-ring (bicyclic) bond motifs is 4. The third-order valence-corrected chi connectivity index (χ3v) is 9.18. The van der Waals surface area contributed by atoms with Crippen molar-refractivity contribution in [3.8, 4) is 17.2 Å². The number of ether oxygens (including phenoxy) is 1. The number of hydrogen-bond donors (Lipinski definition) is 1. The maximum atomic E-state index is 16.6. The summed E-state index contributed by atoms with van der Waals surface area (Å²) < 4.78 is 38.6. The van der Waals surface area contributed by atoms with Crippen LogP contribution in [0.3, 0.4) is 0 Å². The number of nitriles is 1. The van der Waals surface area contributed by atoms with E-state index in [1.54, 1.807) is 12.3 Å². The van der Waals surface area contributed by atoms with E-state index < -0.39 is 11.6 Å². The van der Waals surface area contributed by atoms with E-state index in [1.807, 2.05) is 20.8 Å². The molecule has 2 saturated heterocycles. The summed E-state index contributed by atoms with van der Waals surface area (Å²) in [7, 11) is 2.16. The van der Waals surface area contributed by atoms with E-state index >= 15 is 8.78 Å². The molecule has 9 heteroatoms. The molecule has 4 heterocycles. The molecule has 0 spiro atoms. The first-order chi connectivity index (χ1) is 18.2. The summed E-state index contributed by atoms with van der Waals surface area (Å²) in [5.74, 6) is -0.222. The van der Waals surface area contributed by atoms with Gasteiger partial charge >= 0.3 is 0 Å². The van der Waals surface area contributed by atoms with E-state index in [9.17, 15) is 5.26 Å². The van der Waals surface area contributed by atoms with Crippen LogP contribution in [0.25, 0.3) is 33.0 Å². The van der Waals surface area contributed by atoms with Gasteiger partial charge in [-0.15, -0.1) is 11.3 Å². The van der Waals surface area contributed by atoms with Crippen LogP contribution in [0.4, 0.5) is 13.8 Å². The SMILES string of the molecule is CC(=N/C=c1/c2c(c(-c3c(F)ccc4sc(N)c(C#N)c34)c(F)c1=C(C)C)COC2)N1CC2CC1CN2C. The van der Waals surface area contributed by atoms with Gasteiger partial charge in [0, 0.05) is 63.0 Å². The molecule has 2 unspecified atom stereocenters. The summed E-state index contributed by atoms with van der Waals surface area (Å²) in [6.45, 7) is 8.07. The Hall–Kier alpha value is -3.32. The van der Waals surface area contributed by atoms with Crippen molar-refractivity contribution in [2.45, 2.75) is 52.5 Å². The molecular formula is C29H29F2N5OS. The Morgan fingerprint density at radius 3 is 2.58 bits per heavy atom. The zero-order valence-corrected chi connectivity index (χ0v) is 22.7. The molecule has 2 aromatic carbocycles. The molecule has 6 rings (SSSR count). The standard InChI is InChI=1S/C29H29F2N5OS/c1-14(2)24-19(9-34-15(3)36-11-16-7-17(36)10-35(16)4)20-12-37-13-21(20)26(28(24)31)27-22(30)5-6-23-25(27)18(8-32)29(33)38-23/h5-6,9,16-17H,7,10-13,33H2,1-4H3/b19-9-,34-15?. The Morgan fingerprint density at radius 1 is 1.16 bits per heavy atom. The Balaban J connectivity index is 1.60. The molecule has 2 atom stereocenters. The van der Waals surface area contributed by atoms with Gasteiger partial charge in [0.2, 0.25) is 0 Å². The van der Waals surface area contributed by atoms with Gasteiger partial charge in [0.05, 0.1) is 18.8 Å². The van der Waals surface area contributed by atoms with E-state index in [2.05, 4.69) is 22.9 Å². The van der Waals surface area contributed by atoms with E-state index in [4.69, 9.17) is 15.5 Å². The lowest BCUT2D eigenvalue weighted by Crippen LogP contribution is -2.46. The smallest absolute Gasteiger partial charge is 0.139 e. The number of nitrogens with two attached hydrogens (primary N) is 1. The zero-order chi connectivity index (χ0) is 26.9. The van der Waals surface area contributed by atoms with Gasteiger partial charge < -0.3 is 15.4 Å². The van der Waals surface area contributed by atoms with Gasteiger partial charge in [0.1, 0.15) is 28.5 Å². The number of halogens is 2. The fourth-order valence-electron chi connectivity index (χ4n) is 6.35. The Kier molecular flexibility index (Phi) is 6.02. The van der Waals surface area contributed by atoms with E-state index in [-0.39, 0.29) is 34.9 Å².